The molecule has 0 aliphatic carbocycles. The summed E-state index contributed by atoms with van der Waals surface area (Å²) in [5.41, 5.74) is 0.777. The lowest BCUT2D eigenvalue weighted by atomic mass is 10.1. The molecular weight excluding hydrogens is 609 g/mol. The molecule has 0 spiro atoms. The largest absolute Gasteiger partial charge is 0.455 e. The molecule has 0 aliphatic heterocycles. The van der Waals surface area contributed by atoms with E-state index in [1.165, 1.54) is 24.4 Å². The molecule has 0 atom stereocenters. The maximum absolute atomic E-state index is 13.5. The number of hydrogen-bond donors (Lipinski definition) is 2. The summed E-state index contributed by atoms with van der Waals surface area (Å²) in [7, 11) is 0. The van der Waals surface area contributed by atoms with Crippen LogP contribution in [0.25, 0.3) is 10.7 Å². The quantitative estimate of drug-likeness (QED) is 0.298. The Morgan fingerprint density at radius 1 is 1.21 bits per heavy atom. The zero-order valence-corrected chi connectivity index (χ0v) is 22.0. The van der Waals surface area contributed by atoms with Crippen LogP contribution in [0.3, 0.4) is 0 Å². The lowest BCUT2D eigenvalue weighted by Crippen LogP contribution is -2.26. The summed E-state index contributed by atoms with van der Waals surface area (Å²) in [6.45, 7) is 7.94. The molecule has 39 heavy (non-hydrogen) atoms. The first-order valence-corrected chi connectivity index (χ1v) is 11.9. The van der Waals surface area contributed by atoms with Crippen LogP contribution in [0.5, 0.6) is 0 Å². The van der Waals surface area contributed by atoms with Crippen LogP contribution >= 0.6 is 27.5 Å². The van der Waals surface area contributed by atoms with E-state index in [4.69, 9.17) is 18.2 Å². The van der Waals surface area contributed by atoms with E-state index >= 15 is 0 Å². The van der Waals surface area contributed by atoms with Crippen LogP contribution in [0.1, 0.15) is 37.9 Å². The average Bonchev–Trinajstić information content (AvgIpc) is 3.52. The van der Waals surface area contributed by atoms with Crippen molar-refractivity contribution in [2.45, 2.75) is 19.6 Å². The molecule has 0 unspecified atom stereocenters. The number of amides is 2. The molecule has 200 valence electrons. The fraction of sp³-hybridized carbons (Fsp3) is 0.182. The second-order valence-corrected chi connectivity index (χ2v) is 9.13. The SMILES string of the molecule is [C-]#[N+]CNC(=O)c1cc(Br)cc(C)c1NC(=O)c1cc(Cn2nnc(C(F)(F)F)n2)nn1-c1ncccc1Cl. The minimum Gasteiger partial charge on any atom is -0.320 e. The number of carbonyl (C=O) groups excluding carboxylic acids is 2. The highest BCUT2D eigenvalue weighted by atomic mass is 79.9. The first-order chi connectivity index (χ1) is 18.5. The standard InChI is InChI=1S/C22H15BrClF3N10O2/c1-11-6-12(23)7-14(19(38)30-10-28-2)17(11)31-20(39)16-8-13(9-36-34-21(32-35-36)22(25,26)27)33-37(16)18-15(24)4-3-5-29-18/h3-8H,9-10H2,1H3,(H,30,38)(H,31,39). The number of nitrogens with one attached hydrogen (secondary N) is 2. The Kier molecular flexibility index (Phi) is 7.93. The predicted molar refractivity (Wildman–Crippen MR) is 134 cm³/mol. The van der Waals surface area contributed by atoms with Crippen molar-refractivity contribution in [2.24, 2.45) is 0 Å². The number of benzene rings is 1. The zero-order chi connectivity index (χ0) is 28.3. The zero-order valence-electron chi connectivity index (χ0n) is 19.7. The van der Waals surface area contributed by atoms with E-state index in [1.54, 1.807) is 19.1 Å². The number of hydrogen-bond acceptors (Lipinski definition) is 7. The van der Waals surface area contributed by atoms with E-state index in [0.717, 1.165) is 4.68 Å². The van der Waals surface area contributed by atoms with Crippen molar-refractivity contribution in [1.29, 1.82) is 0 Å². The number of halogens is 5. The van der Waals surface area contributed by atoms with Crippen LogP contribution in [0.2, 0.25) is 5.02 Å². The van der Waals surface area contributed by atoms with Crippen molar-refractivity contribution in [3.05, 3.63) is 85.8 Å². The van der Waals surface area contributed by atoms with Gasteiger partial charge in [-0.3, -0.25) is 19.8 Å². The number of carbonyl (C=O) groups is 2. The molecule has 1 aromatic carbocycles. The third-order valence-corrected chi connectivity index (χ3v) is 5.80. The van der Waals surface area contributed by atoms with Gasteiger partial charge in [-0.25, -0.2) is 16.2 Å². The van der Waals surface area contributed by atoms with Gasteiger partial charge in [-0.1, -0.05) is 27.5 Å². The smallest absolute Gasteiger partial charge is 0.320 e. The van der Waals surface area contributed by atoms with Gasteiger partial charge >= 0.3 is 6.18 Å². The van der Waals surface area contributed by atoms with E-state index < -0.39 is 23.8 Å². The van der Waals surface area contributed by atoms with Gasteiger partial charge in [0, 0.05) is 10.7 Å². The molecule has 0 bridgehead atoms. The molecule has 3 heterocycles. The summed E-state index contributed by atoms with van der Waals surface area (Å²) in [4.78, 5) is 34.1. The monoisotopic (exact) mass is 622 g/mol. The maximum Gasteiger partial charge on any atom is 0.455 e. The highest BCUT2D eigenvalue weighted by molar-refractivity contribution is 9.10. The molecule has 0 aliphatic rings. The normalized spacial score (nSPS) is 11.2. The Morgan fingerprint density at radius 2 is 1.97 bits per heavy atom. The van der Waals surface area contributed by atoms with Crippen molar-refractivity contribution < 1.29 is 22.8 Å². The van der Waals surface area contributed by atoms with Gasteiger partial charge in [-0.05, 0) is 48.0 Å². The molecule has 2 amide bonds. The molecule has 4 rings (SSSR count). The number of aromatic nitrogens is 7. The lowest BCUT2D eigenvalue weighted by molar-refractivity contribution is -0.145. The molecule has 4 aromatic rings. The molecule has 0 fully saturated rings. The minimum absolute atomic E-state index is 0.0700. The van der Waals surface area contributed by atoms with Crippen LogP contribution < -0.4 is 10.6 Å². The summed E-state index contributed by atoms with van der Waals surface area (Å²) in [5.74, 6) is -2.68. The van der Waals surface area contributed by atoms with Crippen molar-refractivity contribution in [2.75, 3.05) is 12.0 Å². The molecule has 0 saturated carbocycles. The summed E-state index contributed by atoms with van der Waals surface area (Å²) < 4.78 is 40.3. The number of pyridine rings is 1. The highest BCUT2D eigenvalue weighted by Crippen LogP contribution is 2.28. The summed E-state index contributed by atoms with van der Waals surface area (Å²) >= 11 is 9.59. The average molecular weight is 624 g/mol. The van der Waals surface area contributed by atoms with Gasteiger partial charge in [0.25, 0.3) is 24.3 Å². The molecule has 0 saturated heterocycles. The molecule has 12 nitrogen and oxygen atoms in total. The van der Waals surface area contributed by atoms with Crippen LogP contribution in [0.4, 0.5) is 18.9 Å². The third-order valence-electron chi connectivity index (χ3n) is 5.04. The van der Waals surface area contributed by atoms with Crippen LogP contribution in [-0.4, -0.2) is 53.5 Å². The minimum atomic E-state index is -4.79. The number of aryl methyl sites for hydroxylation is 1. The van der Waals surface area contributed by atoms with Crippen LogP contribution in [-0.2, 0) is 12.7 Å². The number of anilines is 1. The van der Waals surface area contributed by atoms with Crippen LogP contribution in [0.15, 0.2) is 41.0 Å². The molecular formula is C22H15BrClF3N10O2. The highest BCUT2D eigenvalue weighted by Gasteiger charge is 2.37. The molecule has 2 N–H and O–H groups in total. The van der Waals surface area contributed by atoms with Gasteiger partial charge in [0.15, 0.2) is 5.82 Å². The molecule has 3 aromatic heterocycles. The van der Waals surface area contributed by atoms with Crippen molar-refractivity contribution in [1.82, 2.24) is 40.3 Å². The first kappa shape index (κ1) is 27.7. The number of alkyl halides is 3. The van der Waals surface area contributed by atoms with Gasteiger partial charge in [-0.15, -0.1) is 10.2 Å². The van der Waals surface area contributed by atoms with Gasteiger partial charge in [-0.2, -0.15) is 23.1 Å². The summed E-state index contributed by atoms with van der Waals surface area (Å²) in [6, 6.07) is 7.53. The molecule has 0 radical (unpaired) electrons. The number of nitrogens with zero attached hydrogens (tertiary/aromatic N) is 8. The van der Waals surface area contributed by atoms with Gasteiger partial charge in [0.2, 0.25) is 0 Å². The molecule has 17 heteroatoms. The number of tetrazole rings is 1. The lowest BCUT2D eigenvalue weighted by Gasteiger charge is -2.14. The van der Waals surface area contributed by atoms with E-state index in [9.17, 15) is 22.8 Å². The van der Waals surface area contributed by atoms with Gasteiger partial charge in [0.05, 0.1) is 22.0 Å². The first-order valence-electron chi connectivity index (χ1n) is 10.8. The van der Waals surface area contributed by atoms with E-state index in [1.807, 2.05) is 0 Å². The second kappa shape index (κ2) is 11.2. The van der Waals surface area contributed by atoms with Crippen molar-refractivity contribution in [3.8, 4) is 5.82 Å². The van der Waals surface area contributed by atoms with E-state index in [2.05, 4.69) is 56.9 Å². The van der Waals surface area contributed by atoms with E-state index in [-0.39, 0.29) is 46.7 Å². The second-order valence-electron chi connectivity index (χ2n) is 7.80. The Hall–Kier alpha value is -4.36. The van der Waals surface area contributed by atoms with Crippen LogP contribution in [0, 0.1) is 13.5 Å². The van der Waals surface area contributed by atoms with E-state index in [0.29, 0.717) is 14.8 Å². The van der Waals surface area contributed by atoms with Crippen molar-refractivity contribution >= 4 is 45.0 Å². The topological polar surface area (TPSA) is 137 Å². The summed E-state index contributed by atoms with van der Waals surface area (Å²) in [5, 5.41) is 19.2. The maximum atomic E-state index is 13.5. The predicted octanol–water partition coefficient (Wildman–Crippen LogP) is 3.90. The fourth-order valence-electron chi connectivity index (χ4n) is 3.40. The number of rotatable bonds is 7. The summed E-state index contributed by atoms with van der Waals surface area (Å²) in [6.07, 6.45) is -3.37. The fourth-order valence-corrected chi connectivity index (χ4v) is 4.18. The van der Waals surface area contributed by atoms with Gasteiger partial charge < -0.3 is 5.32 Å². The Bertz CT molecular complexity index is 1610. The Morgan fingerprint density at radius 3 is 2.64 bits per heavy atom. The van der Waals surface area contributed by atoms with Crippen molar-refractivity contribution in [3.63, 3.8) is 0 Å². The Balaban J connectivity index is 1.73. The van der Waals surface area contributed by atoms with Gasteiger partial charge in [0.1, 0.15) is 12.2 Å². The third kappa shape index (κ3) is 6.21. The Labute approximate surface area is 231 Å².